The van der Waals surface area contributed by atoms with Gasteiger partial charge in [-0.15, -0.1) is 0 Å². The van der Waals surface area contributed by atoms with Crippen LogP contribution in [0.2, 0.25) is 0 Å². The molecule has 0 bridgehead atoms. The van der Waals surface area contributed by atoms with E-state index in [1.54, 1.807) is 0 Å². The second-order valence-corrected chi connectivity index (χ2v) is 19.4. The number of aromatic nitrogens is 3. The molecule has 2 aromatic heterocycles. The number of para-hydroxylation sites is 1. The van der Waals surface area contributed by atoms with Crippen LogP contribution in [0.15, 0.2) is 134 Å². The molecule has 0 aliphatic rings. The molecule has 0 aliphatic carbocycles. The van der Waals surface area contributed by atoms with Crippen molar-refractivity contribution in [3.63, 3.8) is 0 Å². The van der Waals surface area contributed by atoms with E-state index in [4.69, 9.17) is 12.7 Å². The van der Waals surface area contributed by atoms with E-state index in [0.29, 0.717) is 11.4 Å². The van der Waals surface area contributed by atoms with Gasteiger partial charge in [-0.2, -0.15) is 0 Å². The predicted octanol–water partition coefficient (Wildman–Crippen LogP) is 16.6. The molecule has 320 valence electrons. The van der Waals surface area contributed by atoms with Crippen LogP contribution >= 0.6 is 0 Å². The first-order valence-electron chi connectivity index (χ1n) is 23.4. The molecule has 2 heterocycles. The van der Waals surface area contributed by atoms with Gasteiger partial charge in [0.25, 0.3) is 0 Å². The molecule has 0 unspecified atom stereocenters. The molecule has 63 heavy (non-hydrogen) atoms. The number of imidazole rings is 1. The van der Waals surface area contributed by atoms with E-state index in [0.717, 1.165) is 83.6 Å². The number of phenols is 1. The van der Waals surface area contributed by atoms with Gasteiger partial charge in [-0.05, 0) is 140 Å². The highest BCUT2D eigenvalue weighted by atomic mass is 16.3. The third-order valence-electron chi connectivity index (χ3n) is 12.5. The number of hydrogen-bond acceptors (Lipinski definition) is 3. The molecule has 0 fully saturated rings. The third kappa shape index (κ3) is 8.48. The van der Waals surface area contributed by atoms with Gasteiger partial charge in [0, 0.05) is 25.8 Å². The number of hydrogen-bond donors (Lipinski definition) is 1. The van der Waals surface area contributed by atoms with Crippen molar-refractivity contribution in [3.05, 3.63) is 167 Å². The van der Waals surface area contributed by atoms with Gasteiger partial charge in [0.2, 0.25) is 0 Å². The fraction of sp³-hybridized carbons (Fsp3) is 0.288. The van der Waals surface area contributed by atoms with Crippen molar-refractivity contribution in [2.45, 2.75) is 112 Å². The van der Waals surface area contributed by atoms with Gasteiger partial charge in [-0.1, -0.05) is 161 Å². The number of fused-ring (bicyclic) bond motifs is 1. The van der Waals surface area contributed by atoms with Crippen LogP contribution in [0.4, 0.5) is 0 Å². The molecular weight excluding hydrogens is 767 g/mol. The monoisotopic (exact) mass is 832 g/mol. The molecule has 4 heteroatoms. The SMILES string of the molecule is [2H]C(C)(C)c1cccc(C([2H])(C)C)c1-c1ccc(-n2c(-c3cc(C(C)C)cc(C(C)C)c3O)nc3c(-c4cc(-c5cc(-c6ccc(C)cc6)ccn5)cc(C(C)(C)C)c4)cccc32)cc1. The Morgan fingerprint density at radius 2 is 1.22 bits per heavy atom. The molecule has 0 saturated heterocycles. The number of aromatic hydroxyl groups is 1. The zero-order chi connectivity index (χ0) is 46.7. The minimum Gasteiger partial charge on any atom is -0.507 e. The van der Waals surface area contributed by atoms with Gasteiger partial charge in [0.15, 0.2) is 0 Å². The first-order chi connectivity index (χ1) is 30.6. The molecule has 8 rings (SSSR count). The van der Waals surface area contributed by atoms with Crippen LogP contribution in [0, 0.1) is 6.92 Å². The highest BCUT2D eigenvalue weighted by molar-refractivity contribution is 5.97. The first-order valence-corrected chi connectivity index (χ1v) is 22.4. The van der Waals surface area contributed by atoms with Gasteiger partial charge < -0.3 is 5.11 Å². The van der Waals surface area contributed by atoms with E-state index in [9.17, 15) is 5.11 Å². The van der Waals surface area contributed by atoms with Crippen LogP contribution in [-0.2, 0) is 5.41 Å². The Morgan fingerprint density at radius 1 is 0.587 bits per heavy atom. The Balaban J connectivity index is 1.38. The van der Waals surface area contributed by atoms with E-state index in [1.165, 1.54) is 11.1 Å². The zero-order valence-electron chi connectivity index (χ0n) is 41.1. The lowest BCUT2D eigenvalue weighted by atomic mass is 9.83. The minimum absolute atomic E-state index is 0.0913. The van der Waals surface area contributed by atoms with E-state index >= 15 is 0 Å². The van der Waals surface area contributed by atoms with Gasteiger partial charge >= 0.3 is 0 Å². The van der Waals surface area contributed by atoms with Crippen molar-refractivity contribution in [3.8, 4) is 67.5 Å². The number of nitrogens with zero attached hydrogens (tertiary/aromatic N) is 3. The summed E-state index contributed by atoms with van der Waals surface area (Å²) in [6.45, 7) is 25.1. The Morgan fingerprint density at radius 3 is 1.84 bits per heavy atom. The van der Waals surface area contributed by atoms with E-state index < -0.39 is 11.8 Å². The van der Waals surface area contributed by atoms with Crippen molar-refractivity contribution >= 4 is 11.0 Å². The molecule has 1 N–H and O–H groups in total. The van der Waals surface area contributed by atoms with Crippen LogP contribution in [0.1, 0.15) is 136 Å². The highest BCUT2D eigenvalue weighted by Crippen LogP contribution is 2.44. The number of phenolic OH excluding ortho intramolecular Hbond substituents is 1. The average molecular weight is 832 g/mol. The Kier molecular flexibility index (Phi) is 11.1. The summed E-state index contributed by atoms with van der Waals surface area (Å²) in [7, 11) is 0. The molecule has 0 radical (unpaired) electrons. The van der Waals surface area contributed by atoms with E-state index in [1.807, 2.05) is 52.1 Å². The Hall–Kier alpha value is -6.26. The van der Waals surface area contributed by atoms with E-state index in [2.05, 4.69) is 169 Å². The van der Waals surface area contributed by atoms with Crippen molar-refractivity contribution in [1.29, 1.82) is 0 Å². The fourth-order valence-corrected chi connectivity index (χ4v) is 8.75. The van der Waals surface area contributed by atoms with Gasteiger partial charge in [0.05, 0.1) is 22.3 Å². The third-order valence-corrected chi connectivity index (χ3v) is 12.5. The number of rotatable bonds is 10. The number of aryl methyl sites for hydroxylation is 1. The smallest absolute Gasteiger partial charge is 0.149 e. The maximum absolute atomic E-state index is 12.2. The van der Waals surface area contributed by atoms with Crippen LogP contribution in [0.25, 0.3) is 72.7 Å². The summed E-state index contributed by atoms with van der Waals surface area (Å²) in [5, 5.41) is 12.2. The van der Waals surface area contributed by atoms with Crippen molar-refractivity contribution < 1.29 is 7.85 Å². The molecule has 4 nitrogen and oxygen atoms in total. The summed E-state index contributed by atoms with van der Waals surface area (Å²) in [5.41, 5.74) is 17.5. The van der Waals surface area contributed by atoms with Crippen molar-refractivity contribution in [1.82, 2.24) is 14.5 Å². The average Bonchev–Trinajstić information content (AvgIpc) is 3.65. The standard InChI is InChI=1S/C59H63N3O/c1-35(2)43-32-51(38(7)8)57(63)52(33-43)58-61-56-50(44-29-45(31-46(30-44)59(10,11)12)53-34-42(27-28-60-53)40-21-19-39(9)20-22-40)17-14-18-54(56)62(58)47-25-23-41(24-26-47)55-48(36(3)4)15-13-16-49(55)37(5)6/h13-38,63H,1-12H3/i36D,37D. The van der Waals surface area contributed by atoms with Gasteiger partial charge in [0.1, 0.15) is 11.6 Å². The molecule has 0 amide bonds. The van der Waals surface area contributed by atoms with Gasteiger partial charge in [-0.25, -0.2) is 4.98 Å². The lowest BCUT2D eigenvalue weighted by molar-refractivity contribution is 0.466. The fourth-order valence-electron chi connectivity index (χ4n) is 8.75. The highest BCUT2D eigenvalue weighted by Gasteiger charge is 2.25. The second kappa shape index (κ2) is 17.1. The Bertz CT molecular complexity index is 3010. The van der Waals surface area contributed by atoms with Crippen LogP contribution in [0.3, 0.4) is 0 Å². The summed E-state index contributed by atoms with van der Waals surface area (Å²) < 4.78 is 20.4. The zero-order valence-corrected chi connectivity index (χ0v) is 39.1. The molecule has 0 saturated carbocycles. The number of benzene rings is 6. The molecule has 0 atom stereocenters. The van der Waals surface area contributed by atoms with Crippen LogP contribution < -0.4 is 0 Å². The summed E-state index contributed by atoms with van der Waals surface area (Å²) in [5.74, 6) is -0.540. The van der Waals surface area contributed by atoms with E-state index in [-0.39, 0.29) is 23.0 Å². The van der Waals surface area contributed by atoms with Crippen molar-refractivity contribution in [2.24, 2.45) is 0 Å². The maximum Gasteiger partial charge on any atom is 0.149 e. The lowest BCUT2D eigenvalue weighted by Crippen LogP contribution is -2.11. The normalized spacial score (nSPS) is 12.9. The topological polar surface area (TPSA) is 50.9 Å². The predicted molar refractivity (Wildman–Crippen MR) is 268 cm³/mol. The maximum atomic E-state index is 12.2. The van der Waals surface area contributed by atoms with Crippen LogP contribution in [0.5, 0.6) is 5.75 Å². The Labute approximate surface area is 378 Å². The molecular formula is C59H63N3O. The quantitative estimate of drug-likeness (QED) is 0.149. The first kappa shape index (κ1) is 40.8. The largest absolute Gasteiger partial charge is 0.507 e. The summed E-state index contributed by atoms with van der Waals surface area (Å²) >= 11 is 0. The second-order valence-electron chi connectivity index (χ2n) is 19.4. The number of pyridine rings is 1. The van der Waals surface area contributed by atoms with Crippen molar-refractivity contribution in [2.75, 3.05) is 0 Å². The summed E-state index contributed by atoms with van der Waals surface area (Å²) in [4.78, 5) is 10.5. The summed E-state index contributed by atoms with van der Waals surface area (Å²) in [6, 6.07) is 44.7. The van der Waals surface area contributed by atoms with Crippen LogP contribution in [-0.4, -0.2) is 19.6 Å². The lowest BCUT2D eigenvalue weighted by Gasteiger charge is -2.22. The molecule has 0 aliphatic heterocycles. The van der Waals surface area contributed by atoms with Gasteiger partial charge in [-0.3, -0.25) is 9.55 Å². The molecule has 6 aromatic carbocycles. The minimum atomic E-state index is -0.878. The summed E-state index contributed by atoms with van der Waals surface area (Å²) in [6.07, 6.45) is 1.90. The molecule has 8 aromatic rings. The molecule has 0 spiro atoms.